The van der Waals surface area contributed by atoms with Crippen LogP contribution in [0.25, 0.3) is 0 Å². The van der Waals surface area contributed by atoms with Crippen molar-refractivity contribution >= 4 is 33.4 Å². The van der Waals surface area contributed by atoms with Crippen molar-refractivity contribution < 1.29 is 4.79 Å². The molecular weight excluding hydrogens is 328 g/mol. The maximum Gasteiger partial charge on any atom is 0.254 e. The molecule has 1 aromatic rings. The zero-order chi connectivity index (χ0) is 13.4. The summed E-state index contributed by atoms with van der Waals surface area (Å²) in [6, 6.07) is 6.16. The van der Waals surface area contributed by atoms with Gasteiger partial charge in [0.2, 0.25) is 0 Å². The van der Waals surface area contributed by atoms with E-state index in [2.05, 4.69) is 20.8 Å². The van der Waals surface area contributed by atoms with Gasteiger partial charge in [-0.2, -0.15) is 0 Å². The normalized spacial score (nSPS) is 20.6. The maximum atomic E-state index is 12.4. The lowest BCUT2D eigenvalue weighted by atomic mass is 10.2. The Balaban J connectivity index is 1.67. The molecule has 3 nitrogen and oxygen atoms in total. The Labute approximate surface area is 126 Å². The van der Waals surface area contributed by atoms with E-state index in [0.717, 1.165) is 36.7 Å². The zero-order valence-electron chi connectivity index (χ0n) is 10.6. The van der Waals surface area contributed by atoms with Crippen molar-refractivity contribution in [2.75, 3.05) is 26.2 Å². The molecule has 1 saturated carbocycles. The monoisotopic (exact) mass is 342 g/mol. The molecule has 0 aromatic heterocycles. The van der Waals surface area contributed by atoms with Gasteiger partial charge in [-0.3, -0.25) is 9.69 Å². The molecule has 1 amide bonds. The van der Waals surface area contributed by atoms with Gasteiger partial charge >= 0.3 is 0 Å². The summed E-state index contributed by atoms with van der Waals surface area (Å²) in [5.41, 5.74) is 0.666. The quantitative estimate of drug-likeness (QED) is 0.824. The number of amides is 1. The predicted octanol–water partition coefficient (Wildman–Crippen LogP) is 3.02. The van der Waals surface area contributed by atoms with Crippen LogP contribution < -0.4 is 0 Å². The van der Waals surface area contributed by atoms with Crippen LogP contribution in [0, 0.1) is 0 Å². The summed E-state index contributed by atoms with van der Waals surface area (Å²) in [4.78, 5) is 16.8. The van der Waals surface area contributed by atoms with Crippen molar-refractivity contribution in [3.63, 3.8) is 0 Å². The number of halogens is 2. The Morgan fingerprint density at radius 2 is 1.84 bits per heavy atom. The molecule has 2 aliphatic rings. The topological polar surface area (TPSA) is 23.6 Å². The number of benzene rings is 1. The lowest BCUT2D eigenvalue weighted by Crippen LogP contribution is -2.49. The average molecular weight is 344 g/mol. The number of piperazine rings is 1. The second-order valence-corrected chi connectivity index (χ2v) is 6.57. The van der Waals surface area contributed by atoms with Crippen LogP contribution in [0.4, 0.5) is 0 Å². The maximum absolute atomic E-state index is 12.4. The van der Waals surface area contributed by atoms with Gasteiger partial charge in [0.25, 0.3) is 5.91 Å². The van der Waals surface area contributed by atoms with Crippen LogP contribution in [-0.4, -0.2) is 47.9 Å². The van der Waals surface area contributed by atoms with Crippen LogP contribution >= 0.6 is 27.5 Å². The lowest BCUT2D eigenvalue weighted by molar-refractivity contribution is 0.0627. The standard InChI is InChI=1S/C14H16BrClN2O/c15-11-7-10(8-12(16)9-11)14(19)18-5-3-17(4-6-18)13-1-2-13/h7-9,13H,1-6H2. The number of hydrogen-bond acceptors (Lipinski definition) is 2. The van der Waals surface area contributed by atoms with E-state index < -0.39 is 0 Å². The minimum Gasteiger partial charge on any atom is -0.336 e. The fraction of sp³-hybridized carbons (Fsp3) is 0.500. The van der Waals surface area contributed by atoms with E-state index in [1.807, 2.05) is 11.0 Å². The van der Waals surface area contributed by atoms with Crippen molar-refractivity contribution in [3.05, 3.63) is 33.3 Å². The molecule has 1 saturated heterocycles. The van der Waals surface area contributed by atoms with Crippen LogP contribution in [0.1, 0.15) is 23.2 Å². The molecule has 19 heavy (non-hydrogen) atoms. The highest BCUT2D eigenvalue weighted by atomic mass is 79.9. The van der Waals surface area contributed by atoms with Gasteiger partial charge in [0.15, 0.2) is 0 Å². The Morgan fingerprint density at radius 1 is 1.16 bits per heavy atom. The fourth-order valence-corrected chi connectivity index (χ4v) is 3.45. The van der Waals surface area contributed by atoms with Crippen molar-refractivity contribution in [2.45, 2.75) is 18.9 Å². The molecule has 0 spiro atoms. The van der Waals surface area contributed by atoms with Crippen LogP contribution in [0.15, 0.2) is 22.7 Å². The van der Waals surface area contributed by atoms with E-state index in [1.54, 1.807) is 12.1 Å². The highest BCUT2D eigenvalue weighted by molar-refractivity contribution is 9.10. The van der Waals surface area contributed by atoms with E-state index in [-0.39, 0.29) is 5.91 Å². The molecule has 0 bridgehead atoms. The third-order valence-corrected chi connectivity index (χ3v) is 4.45. The predicted molar refractivity (Wildman–Crippen MR) is 79.7 cm³/mol. The Kier molecular flexibility index (Phi) is 3.83. The van der Waals surface area contributed by atoms with Crippen molar-refractivity contribution in [3.8, 4) is 0 Å². The number of carbonyl (C=O) groups excluding carboxylic acids is 1. The molecule has 1 heterocycles. The highest BCUT2D eigenvalue weighted by Gasteiger charge is 2.32. The molecule has 2 fully saturated rings. The third-order valence-electron chi connectivity index (χ3n) is 3.77. The van der Waals surface area contributed by atoms with Gasteiger partial charge in [-0.05, 0) is 31.0 Å². The van der Waals surface area contributed by atoms with E-state index in [4.69, 9.17) is 11.6 Å². The summed E-state index contributed by atoms with van der Waals surface area (Å²) in [7, 11) is 0. The summed E-state index contributed by atoms with van der Waals surface area (Å²) < 4.78 is 0.847. The van der Waals surface area contributed by atoms with Gasteiger partial charge in [0.1, 0.15) is 0 Å². The van der Waals surface area contributed by atoms with Gasteiger partial charge in [0.05, 0.1) is 0 Å². The molecule has 0 atom stereocenters. The van der Waals surface area contributed by atoms with Gasteiger partial charge in [-0.15, -0.1) is 0 Å². The molecule has 0 radical (unpaired) electrons. The number of rotatable bonds is 2. The number of hydrogen-bond donors (Lipinski definition) is 0. The molecule has 1 aromatic carbocycles. The minimum atomic E-state index is 0.0821. The summed E-state index contributed by atoms with van der Waals surface area (Å²) in [6.07, 6.45) is 2.66. The van der Waals surface area contributed by atoms with Crippen LogP contribution in [0.2, 0.25) is 5.02 Å². The van der Waals surface area contributed by atoms with Gasteiger partial charge in [-0.25, -0.2) is 0 Å². The first kappa shape index (κ1) is 13.4. The fourth-order valence-electron chi connectivity index (χ4n) is 2.59. The first-order valence-corrected chi connectivity index (χ1v) is 7.80. The zero-order valence-corrected chi connectivity index (χ0v) is 13.0. The van der Waals surface area contributed by atoms with Crippen LogP contribution in [-0.2, 0) is 0 Å². The Bertz CT molecular complexity index is 476. The van der Waals surface area contributed by atoms with Gasteiger partial charge in [-0.1, -0.05) is 27.5 Å². The highest BCUT2D eigenvalue weighted by Crippen LogP contribution is 2.28. The molecule has 0 unspecified atom stereocenters. The SMILES string of the molecule is O=C(c1cc(Cl)cc(Br)c1)N1CCN(C2CC2)CC1. The Morgan fingerprint density at radius 3 is 2.42 bits per heavy atom. The summed E-state index contributed by atoms with van der Waals surface area (Å²) >= 11 is 9.38. The minimum absolute atomic E-state index is 0.0821. The molecule has 102 valence electrons. The smallest absolute Gasteiger partial charge is 0.254 e. The van der Waals surface area contributed by atoms with Crippen LogP contribution in [0.3, 0.4) is 0 Å². The second kappa shape index (κ2) is 5.43. The average Bonchev–Trinajstić information content (AvgIpc) is 3.21. The van der Waals surface area contributed by atoms with E-state index >= 15 is 0 Å². The van der Waals surface area contributed by atoms with Gasteiger partial charge in [0, 0.05) is 47.3 Å². The van der Waals surface area contributed by atoms with E-state index in [0.29, 0.717) is 10.6 Å². The number of carbonyl (C=O) groups is 1. The third kappa shape index (κ3) is 3.12. The summed E-state index contributed by atoms with van der Waals surface area (Å²) in [6.45, 7) is 3.63. The summed E-state index contributed by atoms with van der Waals surface area (Å²) in [5.74, 6) is 0.0821. The molecule has 5 heteroatoms. The van der Waals surface area contributed by atoms with E-state index in [9.17, 15) is 4.79 Å². The van der Waals surface area contributed by atoms with Crippen LogP contribution in [0.5, 0.6) is 0 Å². The van der Waals surface area contributed by atoms with Gasteiger partial charge < -0.3 is 4.90 Å². The molecule has 1 aliphatic carbocycles. The van der Waals surface area contributed by atoms with E-state index in [1.165, 1.54) is 12.8 Å². The second-order valence-electron chi connectivity index (χ2n) is 5.22. The number of nitrogens with zero attached hydrogens (tertiary/aromatic N) is 2. The first-order chi connectivity index (χ1) is 9.13. The lowest BCUT2D eigenvalue weighted by Gasteiger charge is -2.34. The largest absolute Gasteiger partial charge is 0.336 e. The Hall–Kier alpha value is -0.580. The molecule has 3 rings (SSSR count). The van der Waals surface area contributed by atoms with Crippen molar-refractivity contribution in [1.29, 1.82) is 0 Å². The van der Waals surface area contributed by atoms with Crippen molar-refractivity contribution in [1.82, 2.24) is 9.80 Å². The molecule has 1 aliphatic heterocycles. The molecule has 0 N–H and O–H groups in total. The first-order valence-electron chi connectivity index (χ1n) is 6.63. The summed E-state index contributed by atoms with van der Waals surface area (Å²) in [5, 5.41) is 0.592. The van der Waals surface area contributed by atoms with Crippen molar-refractivity contribution in [2.24, 2.45) is 0 Å². The molecular formula is C14H16BrClN2O.